The molecule has 0 aliphatic rings. The minimum absolute atomic E-state index is 0.151. The van der Waals surface area contributed by atoms with E-state index in [0.717, 1.165) is 10.2 Å². The molecule has 1 amide bonds. The number of nitrogens with one attached hydrogen (secondary N) is 1. The molecule has 0 saturated heterocycles. The fraction of sp³-hybridized carbons (Fsp3) is 0.125. The molecule has 0 aliphatic carbocycles. The summed E-state index contributed by atoms with van der Waals surface area (Å²) < 4.78 is 1.09. The monoisotopic (exact) mass is 322 g/mol. The minimum Gasteiger partial charge on any atom is -0.349 e. The zero-order chi connectivity index (χ0) is 16.8. The lowest BCUT2D eigenvalue weighted by Crippen LogP contribution is -2.33. The van der Waals surface area contributed by atoms with Crippen molar-refractivity contribution in [2.24, 2.45) is 0 Å². The van der Waals surface area contributed by atoms with Crippen molar-refractivity contribution in [1.29, 1.82) is 0 Å². The fourth-order valence-corrected chi connectivity index (χ4v) is 2.12. The summed E-state index contributed by atoms with van der Waals surface area (Å²) in [5.41, 5.74) is 1.76. The molecule has 0 unspecified atom stereocenters. The Kier molecular flexibility index (Phi) is 4.66. The molecule has 0 saturated carbocycles. The molecule has 8 nitrogen and oxygen atoms in total. The molecule has 3 heterocycles. The van der Waals surface area contributed by atoms with Crippen LogP contribution in [0.1, 0.15) is 5.69 Å². The number of pyridine rings is 1. The zero-order valence-electron chi connectivity index (χ0n) is 12.7. The van der Waals surface area contributed by atoms with E-state index >= 15 is 0 Å². The number of carbonyl (C=O) groups is 1. The highest BCUT2D eigenvalue weighted by Crippen LogP contribution is 2.17. The zero-order valence-corrected chi connectivity index (χ0v) is 12.7. The second-order valence-electron chi connectivity index (χ2n) is 4.89. The van der Waals surface area contributed by atoms with Crippen LogP contribution in [0.5, 0.6) is 0 Å². The van der Waals surface area contributed by atoms with Gasteiger partial charge in [0.1, 0.15) is 6.54 Å². The van der Waals surface area contributed by atoms with Crippen LogP contribution in [0.15, 0.2) is 60.0 Å². The van der Waals surface area contributed by atoms with E-state index in [2.05, 4.69) is 25.4 Å². The lowest BCUT2D eigenvalue weighted by Gasteiger charge is -2.09. The largest absolute Gasteiger partial charge is 0.349 e. The summed E-state index contributed by atoms with van der Waals surface area (Å²) >= 11 is 0. The minimum atomic E-state index is -0.335. The maximum atomic E-state index is 12.0. The first-order valence-corrected chi connectivity index (χ1v) is 7.23. The van der Waals surface area contributed by atoms with Gasteiger partial charge >= 0.3 is 0 Å². The molecule has 8 heteroatoms. The first kappa shape index (κ1) is 15.5. The number of hydrogen-bond donors (Lipinski definition) is 1. The molecular weight excluding hydrogens is 308 g/mol. The molecule has 3 rings (SSSR count). The predicted molar refractivity (Wildman–Crippen MR) is 85.6 cm³/mol. The second kappa shape index (κ2) is 7.23. The molecule has 0 aliphatic heterocycles. The molecule has 3 aromatic heterocycles. The Morgan fingerprint density at radius 3 is 2.71 bits per heavy atom. The molecule has 0 bridgehead atoms. The van der Waals surface area contributed by atoms with Gasteiger partial charge < -0.3 is 5.32 Å². The maximum absolute atomic E-state index is 12.0. The molecule has 3 aromatic rings. The van der Waals surface area contributed by atoms with E-state index in [1.807, 2.05) is 6.07 Å². The fourth-order valence-electron chi connectivity index (χ4n) is 2.12. The average molecular weight is 322 g/mol. The molecule has 0 radical (unpaired) electrons. The SMILES string of the molecule is O=C(Cn1ncccc1=O)NCc1nccnc1-c1cccnc1. The van der Waals surface area contributed by atoms with Crippen LogP contribution in [-0.2, 0) is 17.9 Å². The van der Waals surface area contributed by atoms with Gasteiger partial charge in [-0.1, -0.05) is 0 Å². The second-order valence-corrected chi connectivity index (χ2v) is 4.89. The van der Waals surface area contributed by atoms with Gasteiger partial charge in [0, 0.05) is 42.6 Å². The van der Waals surface area contributed by atoms with Gasteiger partial charge in [-0.25, -0.2) is 4.68 Å². The Morgan fingerprint density at radius 2 is 1.92 bits per heavy atom. The van der Waals surface area contributed by atoms with Crippen LogP contribution in [0.25, 0.3) is 11.3 Å². The topological polar surface area (TPSA) is 103 Å². The molecule has 24 heavy (non-hydrogen) atoms. The highest BCUT2D eigenvalue weighted by molar-refractivity contribution is 5.75. The highest BCUT2D eigenvalue weighted by atomic mass is 16.2. The third-order valence-electron chi connectivity index (χ3n) is 3.24. The highest BCUT2D eigenvalue weighted by Gasteiger charge is 2.10. The van der Waals surface area contributed by atoms with Crippen LogP contribution in [0.4, 0.5) is 0 Å². The van der Waals surface area contributed by atoms with Gasteiger partial charge in [-0.15, -0.1) is 0 Å². The number of carbonyl (C=O) groups excluding carboxylic acids is 1. The van der Waals surface area contributed by atoms with E-state index in [-0.39, 0.29) is 24.6 Å². The Labute approximate surface area is 137 Å². The number of hydrogen-bond acceptors (Lipinski definition) is 6. The summed E-state index contributed by atoms with van der Waals surface area (Å²) in [6.45, 7) is 0.0423. The summed E-state index contributed by atoms with van der Waals surface area (Å²) in [5.74, 6) is -0.335. The van der Waals surface area contributed by atoms with Crippen LogP contribution >= 0.6 is 0 Å². The van der Waals surface area contributed by atoms with Gasteiger partial charge in [0.05, 0.1) is 17.9 Å². The standard InChI is InChI=1S/C16H14N6O2/c23-14(11-22-15(24)4-2-6-21-22)20-10-13-16(19-8-7-18-13)12-3-1-5-17-9-12/h1-9H,10-11H2,(H,20,23). The van der Waals surface area contributed by atoms with Crippen molar-refractivity contribution < 1.29 is 4.79 Å². The maximum Gasteiger partial charge on any atom is 0.267 e. The van der Waals surface area contributed by atoms with Crippen molar-refractivity contribution in [2.45, 2.75) is 13.1 Å². The molecule has 0 fully saturated rings. The quantitative estimate of drug-likeness (QED) is 0.730. The smallest absolute Gasteiger partial charge is 0.267 e. The predicted octanol–water partition coefficient (Wildman–Crippen LogP) is 0.412. The molecule has 1 N–H and O–H groups in total. The van der Waals surface area contributed by atoms with E-state index in [0.29, 0.717) is 11.4 Å². The summed E-state index contributed by atoms with van der Waals surface area (Å²) in [6, 6.07) is 6.55. The summed E-state index contributed by atoms with van der Waals surface area (Å²) in [7, 11) is 0. The van der Waals surface area contributed by atoms with Gasteiger partial charge in [0.15, 0.2) is 0 Å². The summed E-state index contributed by atoms with van der Waals surface area (Å²) in [5, 5.41) is 6.57. The number of nitrogens with zero attached hydrogens (tertiary/aromatic N) is 5. The van der Waals surface area contributed by atoms with Crippen LogP contribution in [-0.4, -0.2) is 30.6 Å². The van der Waals surface area contributed by atoms with Crippen LogP contribution in [0, 0.1) is 0 Å². The summed E-state index contributed by atoms with van der Waals surface area (Å²) in [4.78, 5) is 36.2. The van der Waals surface area contributed by atoms with Crippen LogP contribution < -0.4 is 10.9 Å². The Balaban J connectivity index is 1.70. The van der Waals surface area contributed by atoms with Crippen molar-refractivity contribution in [2.75, 3.05) is 0 Å². The van der Waals surface area contributed by atoms with Gasteiger partial charge in [-0.05, 0) is 18.2 Å². The van der Waals surface area contributed by atoms with Crippen molar-refractivity contribution in [1.82, 2.24) is 30.0 Å². The van der Waals surface area contributed by atoms with Crippen LogP contribution in [0.3, 0.4) is 0 Å². The number of amides is 1. The van der Waals surface area contributed by atoms with E-state index in [1.54, 1.807) is 30.9 Å². The normalized spacial score (nSPS) is 10.3. The van der Waals surface area contributed by atoms with Crippen LogP contribution in [0.2, 0.25) is 0 Å². The van der Waals surface area contributed by atoms with Crippen molar-refractivity contribution in [3.63, 3.8) is 0 Å². The first-order chi connectivity index (χ1) is 11.7. The first-order valence-electron chi connectivity index (χ1n) is 7.23. The average Bonchev–Trinajstić information content (AvgIpc) is 2.63. The number of aromatic nitrogens is 5. The molecule has 0 atom stereocenters. The summed E-state index contributed by atoms with van der Waals surface area (Å²) in [6.07, 6.45) is 7.96. The van der Waals surface area contributed by atoms with Gasteiger partial charge in [0.2, 0.25) is 5.91 Å². The van der Waals surface area contributed by atoms with Crippen molar-refractivity contribution in [3.05, 3.63) is 71.3 Å². The molecular formula is C16H14N6O2. The van der Waals surface area contributed by atoms with E-state index in [1.165, 1.54) is 18.3 Å². The van der Waals surface area contributed by atoms with Crippen molar-refractivity contribution in [3.8, 4) is 11.3 Å². The van der Waals surface area contributed by atoms with E-state index in [4.69, 9.17) is 0 Å². The van der Waals surface area contributed by atoms with Gasteiger partial charge in [-0.2, -0.15) is 5.10 Å². The third-order valence-corrected chi connectivity index (χ3v) is 3.24. The third kappa shape index (κ3) is 3.67. The van der Waals surface area contributed by atoms with Gasteiger partial charge in [-0.3, -0.25) is 24.5 Å². The van der Waals surface area contributed by atoms with Crippen molar-refractivity contribution >= 4 is 5.91 Å². The number of rotatable bonds is 5. The van der Waals surface area contributed by atoms with E-state index < -0.39 is 0 Å². The molecule has 0 spiro atoms. The molecule has 0 aromatic carbocycles. The molecule has 120 valence electrons. The van der Waals surface area contributed by atoms with E-state index in [9.17, 15) is 9.59 Å². The lowest BCUT2D eigenvalue weighted by atomic mass is 10.1. The Morgan fingerprint density at radius 1 is 1.08 bits per heavy atom. The van der Waals surface area contributed by atoms with Gasteiger partial charge in [0.25, 0.3) is 5.56 Å². The lowest BCUT2D eigenvalue weighted by molar-refractivity contribution is -0.122. The Hall–Kier alpha value is -3.42. The Bertz CT molecular complexity index is 894.